The predicted octanol–water partition coefficient (Wildman–Crippen LogP) is 2.57. The Hall–Kier alpha value is -3.13. The lowest BCUT2D eigenvalue weighted by molar-refractivity contribution is -0.134. The van der Waals surface area contributed by atoms with E-state index in [0.29, 0.717) is 6.42 Å². The van der Waals surface area contributed by atoms with Gasteiger partial charge >= 0.3 is 0 Å². The molecule has 5 nitrogen and oxygen atoms in total. The van der Waals surface area contributed by atoms with Crippen LogP contribution in [0.1, 0.15) is 16.7 Å². The molecule has 0 fully saturated rings. The fraction of sp³-hybridized carbons (Fsp3) is 0.286. The van der Waals surface area contributed by atoms with Gasteiger partial charge in [0.2, 0.25) is 5.91 Å². The second-order valence-electron chi connectivity index (χ2n) is 6.49. The van der Waals surface area contributed by atoms with Crippen LogP contribution in [0.25, 0.3) is 0 Å². The molecule has 1 aliphatic heterocycles. The average Bonchev–Trinajstić information content (AvgIpc) is 2.67. The molecule has 0 aliphatic carbocycles. The molecule has 2 atom stereocenters. The van der Waals surface area contributed by atoms with E-state index in [4.69, 9.17) is 4.74 Å². The highest BCUT2D eigenvalue weighted by Gasteiger charge is 2.35. The Kier molecular flexibility index (Phi) is 5.33. The molecule has 0 saturated carbocycles. The number of Topliss-reactive ketones (excluding diaryl/α,β-unsaturated/α-hetero) is 1. The van der Waals surface area contributed by atoms with Gasteiger partial charge in [0, 0.05) is 6.54 Å². The van der Waals surface area contributed by atoms with Gasteiger partial charge in [-0.05, 0) is 30.5 Å². The molecule has 26 heavy (non-hydrogen) atoms. The fourth-order valence-electron chi connectivity index (χ4n) is 3.00. The van der Waals surface area contributed by atoms with E-state index < -0.39 is 17.7 Å². The topological polar surface area (TPSA) is 79.2 Å². The number of benzene rings is 2. The minimum atomic E-state index is -1.32. The zero-order valence-electron chi connectivity index (χ0n) is 14.6. The van der Waals surface area contributed by atoms with Crippen LogP contribution >= 0.6 is 0 Å². The molecule has 0 radical (unpaired) electrons. The van der Waals surface area contributed by atoms with E-state index >= 15 is 0 Å². The number of nitrogens with zero attached hydrogens (tertiary/aromatic N) is 1. The summed E-state index contributed by atoms with van der Waals surface area (Å²) < 4.78 is 5.61. The third kappa shape index (κ3) is 3.92. The molecule has 3 rings (SSSR count). The Morgan fingerprint density at radius 3 is 2.69 bits per heavy atom. The Morgan fingerprint density at radius 2 is 1.96 bits per heavy atom. The summed E-state index contributed by atoms with van der Waals surface area (Å²) in [6.45, 7) is 2.46. The average molecular weight is 348 g/mol. The van der Waals surface area contributed by atoms with Crippen molar-refractivity contribution in [1.82, 2.24) is 5.32 Å². The van der Waals surface area contributed by atoms with Crippen LogP contribution in [0.4, 0.5) is 0 Å². The number of nitrogens with one attached hydrogen (secondary N) is 1. The molecule has 132 valence electrons. The van der Waals surface area contributed by atoms with Gasteiger partial charge in [0.05, 0.1) is 18.6 Å². The van der Waals surface area contributed by atoms with E-state index in [0.717, 1.165) is 22.4 Å². The van der Waals surface area contributed by atoms with Crippen molar-refractivity contribution in [3.05, 3.63) is 65.2 Å². The second-order valence-corrected chi connectivity index (χ2v) is 6.49. The van der Waals surface area contributed by atoms with Crippen LogP contribution in [-0.2, 0) is 22.6 Å². The first-order valence-corrected chi connectivity index (χ1v) is 8.56. The van der Waals surface area contributed by atoms with Gasteiger partial charge in [0.25, 0.3) is 0 Å². The van der Waals surface area contributed by atoms with E-state index in [1.54, 1.807) is 0 Å². The summed E-state index contributed by atoms with van der Waals surface area (Å²) in [5.74, 6) is -1.99. The highest BCUT2D eigenvalue weighted by molar-refractivity contribution is 6.05. The maximum absolute atomic E-state index is 12.7. The van der Waals surface area contributed by atoms with Gasteiger partial charge in [-0.1, -0.05) is 48.0 Å². The molecule has 1 N–H and O–H groups in total. The van der Waals surface area contributed by atoms with Gasteiger partial charge < -0.3 is 10.1 Å². The molecule has 1 aliphatic rings. The molecule has 2 aromatic rings. The highest BCUT2D eigenvalue weighted by atomic mass is 16.5. The SMILES string of the molecule is Cc1ccc(CNC(=O)C(C#N)C(=O)C2COc3ccccc3C2)cc1. The largest absolute Gasteiger partial charge is 0.493 e. The molecule has 2 unspecified atom stereocenters. The zero-order valence-corrected chi connectivity index (χ0v) is 14.6. The van der Waals surface area contributed by atoms with Crippen LogP contribution in [0, 0.1) is 30.1 Å². The zero-order chi connectivity index (χ0) is 18.5. The molecule has 2 aromatic carbocycles. The number of carbonyl (C=O) groups is 2. The lowest BCUT2D eigenvalue weighted by Gasteiger charge is -2.25. The molecule has 1 heterocycles. The van der Waals surface area contributed by atoms with Crippen molar-refractivity contribution in [1.29, 1.82) is 5.26 Å². The lowest BCUT2D eigenvalue weighted by Crippen LogP contribution is -2.40. The van der Waals surface area contributed by atoms with E-state index in [1.165, 1.54) is 0 Å². The summed E-state index contributed by atoms with van der Waals surface area (Å²) >= 11 is 0. The van der Waals surface area contributed by atoms with Crippen LogP contribution in [-0.4, -0.2) is 18.3 Å². The van der Waals surface area contributed by atoms with Crippen molar-refractivity contribution in [3.8, 4) is 11.8 Å². The summed E-state index contributed by atoms with van der Waals surface area (Å²) in [6.07, 6.45) is 0.485. The lowest BCUT2D eigenvalue weighted by atomic mass is 9.87. The van der Waals surface area contributed by atoms with Gasteiger partial charge in [-0.2, -0.15) is 5.26 Å². The Labute approximate surface area is 152 Å². The van der Waals surface area contributed by atoms with Crippen molar-refractivity contribution >= 4 is 11.7 Å². The summed E-state index contributed by atoms with van der Waals surface area (Å²) in [5.41, 5.74) is 2.97. The maximum Gasteiger partial charge on any atom is 0.245 e. The first kappa shape index (κ1) is 17.7. The highest BCUT2D eigenvalue weighted by Crippen LogP contribution is 2.28. The van der Waals surface area contributed by atoms with Crippen LogP contribution in [0.5, 0.6) is 5.75 Å². The minimum Gasteiger partial charge on any atom is -0.493 e. The predicted molar refractivity (Wildman–Crippen MR) is 96.3 cm³/mol. The van der Waals surface area contributed by atoms with Gasteiger partial charge in [0.1, 0.15) is 5.75 Å². The molecule has 5 heteroatoms. The number of para-hydroxylation sites is 1. The Balaban J connectivity index is 1.62. The van der Waals surface area contributed by atoms with E-state index in [2.05, 4.69) is 5.32 Å². The number of aryl methyl sites for hydroxylation is 1. The first-order valence-electron chi connectivity index (χ1n) is 8.56. The van der Waals surface area contributed by atoms with Crippen molar-refractivity contribution in [3.63, 3.8) is 0 Å². The molecule has 0 aromatic heterocycles. The third-order valence-corrected chi connectivity index (χ3v) is 4.54. The maximum atomic E-state index is 12.7. The molecule has 0 saturated heterocycles. The number of fused-ring (bicyclic) bond motifs is 1. The van der Waals surface area contributed by atoms with Crippen LogP contribution in [0.15, 0.2) is 48.5 Å². The number of nitriles is 1. The van der Waals surface area contributed by atoms with E-state index in [-0.39, 0.29) is 18.9 Å². The van der Waals surface area contributed by atoms with Crippen LogP contribution < -0.4 is 10.1 Å². The molecule has 1 amide bonds. The van der Waals surface area contributed by atoms with E-state index in [9.17, 15) is 14.9 Å². The first-order chi connectivity index (χ1) is 12.6. The molecule has 0 spiro atoms. The number of hydrogen-bond acceptors (Lipinski definition) is 4. The standard InChI is InChI=1S/C21H20N2O3/c1-14-6-8-15(9-7-14)12-23-21(25)18(11-22)20(24)17-10-16-4-2-3-5-19(16)26-13-17/h2-9,17-18H,10,12-13H2,1H3,(H,23,25). The number of carbonyl (C=O) groups excluding carboxylic acids is 2. The van der Waals surface area contributed by atoms with Crippen molar-refractivity contribution in [2.24, 2.45) is 11.8 Å². The van der Waals surface area contributed by atoms with E-state index in [1.807, 2.05) is 61.5 Å². The number of ether oxygens (including phenoxy) is 1. The summed E-state index contributed by atoms with van der Waals surface area (Å²) in [7, 11) is 0. The molecular weight excluding hydrogens is 328 g/mol. The van der Waals surface area contributed by atoms with Crippen molar-refractivity contribution in [2.75, 3.05) is 6.61 Å². The van der Waals surface area contributed by atoms with Crippen LogP contribution in [0.2, 0.25) is 0 Å². The summed E-state index contributed by atoms with van der Waals surface area (Å²) in [4.78, 5) is 25.0. The summed E-state index contributed by atoms with van der Waals surface area (Å²) in [5, 5.41) is 12.0. The van der Waals surface area contributed by atoms with Gasteiger partial charge in [-0.3, -0.25) is 9.59 Å². The van der Waals surface area contributed by atoms with Crippen molar-refractivity contribution in [2.45, 2.75) is 19.9 Å². The molecule has 0 bridgehead atoms. The number of ketones is 1. The third-order valence-electron chi connectivity index (χ3n) is 4.54. The second kappa shape index (κ2) is 7.83. The van der Waals surface area contributed by atoms with Gasteiger partial charge in [0.15, 0.2) is 11.7 Å². The summed E-state index contributed by atoms with van der Waals surface area (Å²) in [6, 6.07) is 17.1. The smallest absolute Gasteiger partial charge is 0.245 e. The Morgan fingerprint density at radius 1 is 1.23 bits per heavy atom. The van der Waals surface area contributed by atoms with Crippen LogP contribution in [0.3, 0.4) is 0 Å². The van der Waals surface area contributed by atoms with Gasteiger partial charge in [-0.15, -0.1) is 0 Å². The van der Waals surface area contributed by atoms with Crippen molar-refractivity contribution < 1.29 is 14.3 Å². The molecular formula is C21H20N2O3. The number of amides is 1. The minimum absolute atomic E-state index is 0.194. The Bertz CT molecular complexity index is 852. The quantitative estimate of drug-likeness (QED) is 0.842. The van der Waals surface area contributed by atoms with Gasteiger partial charge in [-0.25, -0.2) is 0 Å². The fourth-order valence-corrected chi connectivity index (χ4v) is 3.00. The normalized spacial score (nSPS) is 16.5. The number of rotatable bonds is 5. The monoisotopic (exact) mass is 348 g/mol. The number of hydrogen-bond donors (Lipinski definition) is 1.